The number of rotatable bonds is 6. The Morgan fingerprint density at radius 2 is 1.78 bits per heavy atom. The molecule has 23 heavy (non-hydrogen) atoms. The monoisotopic (exact) mass is 332 g/mol. The molecular weight excluding hydrogens is 312 g/mol. The number of hydrogen-bond donors (Lipinski definition) is 2. The average molecular weight is 332 g/mol. The predicted molar refractivity (Wildman–Crippen MR) is 90.8 cm³/mol. The highest BCUT2D eigenvalue weighted by Gasteiger charge is 2.15. The number of anilines is 1. The first-order valence-corrected chi connectivity index (χ1v) is 8.84. The second-order valence-electron chi connectivity index (χ2n) is 5.24. The van der Waals surface area contributed by atoms with E-state index in [9.17, 15) is 13.2 Å². The van der Waals surface area contributed by atoms with Gasteiger partial charge in [-0.2, -0.15) is 0 Å². The van der Waals surface area contributed by atoms with Crippen molar-refractivity contribution in [2.45, 2.75) is 25.2 Å². The van der Waals surface area contributed by atoms with E-state index in [0.29, 0.717) is 5.69 Å². The fourth-order valence-corrected chi connectivity index (χ4v) is 3.14. The minimum Gasteiger partial charge on any atom is -0.325 e. The van der Waals surface area contributed by atoms with Crippen LogP contribution in [0.25, 0.3) is 0 Å². The molecule has 0 aliphatic rings. The molecule has 1 amide bonds. The summed E-state index contributed by atoms with van der Waals surface area (Å²) >= 11 is 0. The Bertz CT molecular complexity index is 784. The van der Waals surface area contributed by atoms with E-state index in [1.807, 2.05) is 32.0 Å². The quantitative estimate of drug-likeness (QED) is 0.853. The fourth-order valence-electron chi connectivity index (χ4n) is 2.06. The van der Waals surface area contributed by atoms with Gasteiger partial charge >= 0.3 is 0 Å². The first kappa shape index (κ1) is 17.2. The molecule has 0 atom stereocenters. The Balaban J connectivity index is 1.95. The molecule has 6 heteroatoms. The van der Waals surface area contributed by atoms with E-state index in [1.165, 1.54) is 11.6 Å². The largest absolute Gasteiger partial charge is 0.325 e. The van der Waals surface area contributed by atoms with Crippen molar-refractivity contribution in [2.75, 3.05) is 11.9 Å². The van der Waals surface area contributed by atoms with Gasteiger partial charge < -0.3 is 5.32 Å². The maximum Gasteiger partial charge on any atom is 0.241 e. The van der Waals surface area contributed by atoms with Crippen molar-refractivity contribution in [1.82, 2.24) is 4.72 Å². The summed E-state index contributed by atoms with van der Waals surface area (Å²) in [6.45, 7) is 3.55. The number of hydrogen-bond acceptors (Lipinski definition) is 3. The standard InChI is InChI=1S/C17H20N2O3S/c1-3-14-7-9-15(10-8-14)19-17(20)12-18-23(21,22)16-6-4-5-13(2)11-16/h4-11,18H,3,12H2,1-2H3,(H,19,20). The van der Waals surface area contributed by atoms with Crippen molar-refractivity contribution in [3.05, 3.63) is 59.7 Å². The average Bonchev–Trinajstić information content (AvgIpc) is 2.54. The van der Waals surface area contributed by atoms with Gasteiger partial charge in [0, 0.05) is 5.69 Å². The van der Waals surface area contributed by atoms with Gasteiger partial charge in [-0.3, -0.25) is 4.79 Å². The Hall–Kier alpha value is -2.18. The van der Waals surface area contributed by atoms with Gasteiger partial charge in [0.05, 0.1) is 11.4 Å². The molecule has 2 aromatic carbocycles. The molecule has 0 saturated heterocycles. The van der Waals surface area contributed by atoms with E-state index in [4.69, 9.17) is 0 Å². The zero-order valence-electron chi connectivity index (χ0n) is 13.2. The van der Waals surface area contributed by atoms with Gasteiger partial charge in [-0.15, -0.1) is 0 Å². The lowest BCUT2D eigenvalue weighted by Crippen LogP contribution is -2.32. The van der Waals surface area contributed by atoms with Crippen LogP contribution in [0, 0.1) is 6.92 Å². The van der Waals surface area contributed by atoms with Crippen LogP contribution in [0.4, 0.5) is 5.69 Å². The molecule has 0 saturated carbocycles. The van der Waals surface area contributed by atoms with Crippen LogP contribution in [0.5, 0.6) is 0 Å². The lowest BCUT2D eigenvalue weighted by Gasteiger charge is -2.09. The van der Waals surface area contributed by atoms with Crippen molar-refractivity contribution in [3.63, 3.8) is 0 Å². The number of carbonyl (C=O) groups is 1. The van der Waals surface area contributed by atoms with Crippen LogP contribution in [0.3, 0.4) is 0 Å². The zero-order valence-corrected chi connectivity index (χ0v) is 14.0. The van der Waals surface area contributed by atoms with Gasteiger partial charge in [0.25, 0.3) is 0 Å². The third-order valence-corrected chi connectivity index (χ3v) is 4.77. The molecule has 2 rings (SSSR count). The Kier molecular flexibility index (Phi) is 5.52. The maximum atomic E-state index is 12.1. The summed E-state index contributed by atoms with van der Waals surface area (Å²) in [6.07, 6.45) is 0.921. The van der Waals surface area contributed by atoms with Gasteiger partial charge in [0.2, 0.25) is 15.9 Å². The van der Waals surface area contributed by atoms with Crippen molar-refractivity contribution < 1.29 is 13.2 Å². The van der Waals surface area contributed by atoms with Crippen LogP contribution in [-0.2, 0) is 21.2 Å². The molecule has 2 aromatic rings. The minimum absolute atomic E-state index is 0.151. The second kappa shape index (κ2) is 7.39. The normalized spacial score (nSPS) is 11.2. The Labute approximate surface area is 136 Å². The molecule has 0 spiro atoms. The van der Waals surface area contributed by atoms with Crippen molar-refractivity contribution >= 4 is 21.6 Å². The summed E-state index contributed by atoms with van der Waals surface area (Å²) in [5.74, 6) is -0.412. The first-order valence-electron chi connectivity index (χ1n) is 7.36. The third-order valence-electron chi connectivity index (χ3n) is 3.37. The van der Waals surface area contributed by atoms with Gasteiger partial charge in [0.1, 0.15) is 0 Å². The SMILES string of the molecule is CCc1ccc(NC(=O)CNS(=O)(=O)c2cccc(C)c2)cc1. The van der Waals surface area contributed by atoms with E-state index in [1.54, 1.807) is 24.3 Å². The zero-order chi connectivity index (χ0) is 16.9. The summed E-state index contributed by atoms with van der Waals surface area (Å²) in [5.41, 5.74) is 2.65. The second-order valence-corrected chi connectivity index (χ2v) is 7.01. The highest BCUT2D eigenvalue weighted by Crippen LogP contribution is 2.11. The van der Waals surface area contributed by atoms with E-state index in [0.717, 1.165) is 12.0 Å². The van der Waals surface area contributed by atoms with E-state index in [2.05, 4.69) is 10.0 Å². The van der Waals surface area contributed by atoms with E-state index in [-0.39, 0.29) is 11.4 Å². The Morgan fingerprint density at radius 3 is 2.39 bits per heavy atom. The van der Waals surface area contributed by atoms with Gasteiger partial charge in [-0.25, -0.2) is 13.1 Å². The Morgan fingerprint density at radius 1 is 1.09 bits per heavy atom. The molecule has 0 aliphatic heterocycles. The molecule has 0 aliphatic carbocycles. The maximum absolute atomic E-state index is 12.1. The smallest absolute Gasteiger partial charge is 0.241 e. The van der Waals surface area contributed by atoms with Gasteiger partial charge in [0.15, 0.2) is 0 Å². The van der Waals surface area contributed by atoms with Crippen LogP contribution in [0.2, 0.25) is 0 Å². The van der Waals surface area contributed by atoms with E-state index >= 15 is 0 Å². The number of sulfonamides is 1. The molecule has 2 N–H and O–H groups in total. The number of amides is 1. The molecule has 0 bridgehead atoms. The van der Waals surface area contributed by atoms with Crippen LogP contribution in [0.15, 0.2) is 53.4 Å². The number of aryl methyl sites for hydroxylation is 2. The lowest BCUT2D eigenvalue weighted by molar-refractivity contribution is -0.115. The van der Waals surface area contributed by atoms with Crippen LogP contribution in [-0.4, -0.2) is 20.9 Å². The molecule has 5 nitrogen and oxygen atoms in total. The highest BCUT2D eigenvalue weighted by molar-refractivity contribution is 7.89. The summed E-state index contributed by atoms with van der Waals surface area (Å²) in [7, 11) is -3.69. The number of carbonyl (C=O) groups excluding carboxylic acids is 1. The summed E-state index contributed by atoms with van der Waals surface area (Å²) in [6, 6.07) is 14.0. The first-order chi connectivity index (χ1) is 10.9. The number of benzene rings is 2. The summed E-state index contributed by atoms with van der Waals surface area (Å²) in [4.78, 5) is 12.0. The molecule has 0 fully saturated rings. The molecule has 122 valence electrons. The molecule has 0 radical (unpaired) electrons. The highest BCUT2D eigenvalue weighted by atomic mass is 32.2. The minimum atomic E-state index is -3.69. The van der Waals surface area contributed by atoms with Crippen LogP contribution < -0.4 is 10.0 Å². The summed E-state index contributed by atoms with van der Waals surface area (Å²) < 4.78 is 26.6. The molecule has 0 heterocycles. The third kappa shape index (κ3) is 4.91. The van der Waals surface area contributed by atoms with Crippen molar-refractivity contribution in [1.29, 1.82) is 0 Å². The number of nitrogens with one attached hydrogen (secondary N) is 2. The lowest BCUT2D eigenvalue weighted by atomic mass is 10.1. The molecule has 0 aromatic heterocycles. The van der Waals surface area contributed by atoms with Crippen molar-refractivity contribution in [2.24, 2.45) is 0 Å². The summed E-state index contributed by atoms with van der Waals surface area (Å²) in [5, 5.41) is 2.66. The molecular formula is C17H20N2O3S. The van der Waals surface area contributed by atoms with Crippen molar-refractivity contribution in [3.8, 4) is 0 Å². The van der Waals surface area contributed by atoms with Gasteiger partial charge in [-0.05, 0) is 48.7 Å². The van der Waals surface area contributed by atoms with E-state index < -0.39 is 15.9 Å². The molecule has 0 unspecified atom stereocenters. The van der Waals surface area contributed by atoms with Crippen LogP contribution in [0.1, 0.15) is 18.1 Å². The fraction of sp³-hybridized carbons (Fsp3) is 0.235. The van der Waals surface area contributed by atoms with Crippen LogP contribution >= 0.6 is 0 Å². The predicted octanol–water partition coefficient (Wildman–Crippen LogP) is 2.47. The van der Waals surface area contributed by atoms with Gasteiger partial charge in [-0.1, -0.05) is 31.2 Å². The topological polar surface area (TPSA) is 75.3 Å².